The van der Waals surface area contributed by atoms with E-state index in [0.717, 1.165) is 18.5 Å². The molecule has 0 aliphatic carbocycles. The van der Waals surface area contributed by atoms with Crippen molar-refractivity contribution in [3.05, 3.63) is 57.5 Å². The number of carbonyl (C=O) groups excluding carboxylic acids is 2. The van der Waals surface area contributed by atoms with Gasteiger partial charge in [-0.25, -0.2) is 4.39 Å². The Balaban J connectivity index is 1.49. The molecule has 1 saturated heterocycles. The molecule has 0 N–H and O–H groups in total. The highest BCUT2D eigenvalue weighted by molar-refractivity contribution is 7.10. The highest BCUT2D eigenvalue weighted by Crippen LogP contribution is 2.37. The molecular formula is C24H30FN3O2S. The van der Waals surface area contributed by atoms with Crippen molar-refractivity contribution >= 4 is 23.2 Å². The minimum atomic E-state index is -0.258. The molecular weight excluding hydrogens is 413 g/mol. The molecule has 1 aromatic carbocycles. The molecule has 0 bridgehead atoms. The summed E-state index contributed by atoms with van der Waals surface area (Å²) >= 11 is 1.73. The van der Waals surface area contributed by atoms with Gasteiger partial charge < -0.3 is 9.80 Å². The lowest BCUT2D eigenvalue weighted by molar-refractivity contribution is -0.145. The average Bonchev–Trinajstić information content (AvgIpc) is 3.21. The monoisotopic (exact) mass is 443 g/mol. The van der Waals surface area contributed by atoms with E-state index < -0.39 is 0 Å². The van der Waals surface area contributed by atoms with Gasteiger partial charge in [-0.05, 0) is 48.1 Å². The number of amides is 2. The van der Waals surface area contributed by atoms with Crippen molar-refractivity contribution in [3.8, 4) is 0 Å². The van der Waals surface area contributed by atoms with Crippen LogP contribution in [0.3, 0.4) is 0 Å². The molecule has 3 heterocycles. The van der Waals surface area contributed by atoms with Crippen LogP contribution in [-0.2, 0) is 16.0 Å². The van der Waals surface area contributed by atoms with E-state index in [1.165, 1.54) is 16.5 Å². The molecule has 2 amide bonds. The predicted molar refractivity (Wildman–Crippen MR) is 120 cm³/mol. The summed E-state index contributed by atoms with van der Waals surface area (Å²) in [6, 6.07) is 8.70. The predicted octanol–water partition coefficient (Wildman–Crippen LogP) is 3.55. The van der Waals surface area contributed by atoms with Crippen LogP contribution in [0.25, 0.3) is 0 Å². The molecule has 31 heavy (non-hydrogen) atoms. The van der Waals surface area contributed by atoms with E-state index >= 15 is 0 Å². The molecule has 2 aromatic rings. The van der Waals surface area contributed by atoms with Crippen molar-refractivity contribution in [3.63, 3.8) is 0 Å². The van der Waals surface area contributed by atoms with Gasteiger partial charge in [0.1, 0.15) is 5.82 Å². The number of thiophene rings is 1. The number of halogens is 1. The summed E-state index contributed by atoms with van der Waals surface area (Å²) in [4.78, 5) is 32.9. The first-order valence-corrected chi connectivity index (χ1v) is 11.9. The van der Waals surface area contributed by atoms with E-state index in [9.17, 15) is 14.0 Å². The Kier molecular flexibility index (Phi) is 6.44. The van der Waals surface area contributed by atoms with E-state index in [1.54, 1.807) is 23.5 Å². The van der Waals surface area contributed by atoms with Gasteiger partial charge in [-0.15, -0.1) is 11.3 Å². The summed E-state index contributed by atoms with van der Waals surface area (Å²) in [5.41, 5.74) is 2.06. The fraction of sp³-hybridized carbons (Fsp3) is 0.500. The van der Waals surface area contributed by atoms with Gasteiger partial charge in [-0.2, -0.15) is 0 Å². The van der Waals surface area contributed by atoms with Crippen LogP contribution in [0.1, 0.15) is 42.8 Å². The van der Waals surface area contributed by atoms with Crippen LogP contribution in [0.4, 0.5) is 4.39 Å². The Morgan fingerprint density at radius 3 is 2.71 bits per heavy atom. The molecule has 1 fully saturated rings. The first kappa shape index (κ1) is 22.0. The summed E-state index contributed by atoms with van der Waals surface area (Å²) in [7, 11) is 0. The Bertz CT molecular complexity index is 960. The zero-order valence-electron chi connectivity index (χ0n) is 18.4. The van der Waals surface area contributed by atoms with Gasteiger partial charge in [0.25, 0.3) is 0 Å². The van der Waals surface area contributed by atoms with Crippen LogP contribution in [-0.4, -0.2) is 65.3 Å². The van der Waals surface area contributed by atoms with Crippen LogP contribution in [0, 0.1) is 11.7 Å². The zero-order chi connectivity index (χ0) is 22.1. The molecule has 0 saturated carbocycles. The largest absolute Gasteiger partial charge is 0.338 e. The van der Waals surface area contributed by atoms with Crippen molar-refractivity contribution in [2.75, 3.05) is 32.7 Å². The Morgan fingerprint density at radius 1 is 1.19 bits per heavy atom. The molecule has 5 nitrogen and oxygen atoms in total. The van der Waals surface area contributed by atoms with Crippen LogP contribution in [0.2, 0.25) is 0 Å². The fourth-order valence-electron chi connectivity index (χ4n) is 4.72. The summed E-state index contributed by atoms with van der Waals surface area (Å²) in [5, 5.41) is 2.08. The lowest BCUT2D eigenvalue weighted by Crippen LogP contribution is -2.57. The van der Waals surface area contributed by atoms with E-state index in [1.807, 2.05) is 36.6 Å². The van der Waals surface area contributed by atoms with Gasteiger partial charge in [0, 0.05) is 43.0 Å². The number of piperazine rings is 1. The number of fused-ring (bicyclic) bond motifs is 1. The molecule has 166 valence electrons. The number of nitrogens with zero attached hydrogens (tertiary/aromatic N) is 3. The molecule has 1 aromatic heterocycles. The van der Waals surface area contributed by atoms with Gasteiger partial charge in [0.05, 0.1) is 12.6 Å². The highest BCUT2D eigenvalue weighted by atomic mass is 32.1. The molecule has 2 unspecified atom stereocenters. The van der Waals surface area contributed by atoms with Crippen molar-refractivity contribution in [2.24, 2.45) is 5.92 Å². The standard InChI is InChI=1S/C24H30FN3O2S/c1-16(2)24(30)28-11-10-26(14-17(28)3)22(29)15-27-9-7-21-20(8-12-31-21)23(27)18-5-4-6-19(25)13-18/h4-6,8,12-13,16-17,23H,7,9-11,14-15H2,1-3H3. The maximum atomic E-state index is 14.0. The molecule has 4 rings (SSSR count). The highest BCUT2D eigenvalue weighted by Gasteiger charge is 2.34. The van der Waals surface area contributed by atoms with Gasteiger partial charge >= 0.3 is 0 Å². The molecule has 2 aliphatic heterocycles. The Labute approximate surface area is 187 Å². The van der Waals surface area contributed by atoms with Gasteiger partial charge in [-0.1, -0.05) is 26.0 Å². The van der Waals surface area contributed by atoms with Crippen molar-refractivity contribution < 1.29 is 14.0 Å². The molecule has 2 atom stereocenters. The second-order valence-electron chi connectivity index (χ2n) is 8.85. The van der Waals surface area contributed by atoms with Crippen molar-refractivity contribution in [1.82, 2.24) is 14.7 Å². The van der Waals surface area contributed by atoms with Crippen LogP contribution in [0.5, 0.6) is 0 Å². The Hall–Kier alpha value is -2.25. The van der Waals surface area contributed by atoms with E-state index in [-0.39, 0.29) is 35.6 Å². The maximum absolute atomic E-state index is 14.0. The van der Waals surface area contributed by atoms with Gasteiger partial charge in [0.15, 0.2) is 0 Å². The fourth-order valence-corrected chi connectivity index (χ4v) is 5.63. The third kappa shape index (κ3) is 4.53. The minimum Gasteiger partial charge on any atom is -0.338 e. The van der Waals surface area contributed by atoms with Crippen molar-refractivity contribution in [1.29, 1.82) is 0 Å². The van der Waals surface area contributed by atoms with Crippen LogP contribution in [0.15, 0.2) is 35.7 Å². The van der Waals surface area contributed by atoms with Crippen LogP contribution >= 0.6 is 11.3 Å². The smallest absolute Gasteiger partial charge is 0.236 e. The number of hydrogen-bond acceptors (Lipinski definition) is 4. The summed E-state index contributed by atoms with van der Waals surface area (Å²) in [5.74, 6) is -0.0776. The molecule has 0 spiro atoms. The maximum Gasteiger partial charge on any atom is 0.236 e. The van der Waals surface area contributed by atoms with E-state index in [4.69, 9.17) is 0 Å². The Morgan fingerprint density at radius 2 is 2.00 bits per heavy atom. The lowest BCUT2D eigenvalue weighted by atomic mass is 9.93. The average molecular weight is 444 g/mol. The van der Waals surface area contributed by atoms with Crippen molar-refractivity contribution in [2.45, 2.75) is 39.3 Å². The summed E-state index contributed by atoms with van der Waals surface area (Å²) < 4.78 is 14.0. The van der Waals surface area contributed by atoms with E-state index in [0.29, 0.717) is 26.2 Å². The SMILES string of the molecule is CC(C)C(=O)N1CCN(C(=O)CN2CCc3sccc3C2c2cccc(F)c2)CC1C. The summed E-state index contributed by atoms with van der Waals surface area (Å²) in [6.07, 6.45) is 0.902. The van der Waals surface area contributed by atoms with E-state index in [2.05, 4.69) is 16.3 Å². The zero-order valence-corrected chi connectivity index (χ0v) is 19.2. The number of hydrogen-bond donors (Lipinski definition) is 0. The topological polar surface area (TPSA) is 43.9 Å². The second kappa shape index (κ2) is 9.09. The molecule has 2 aliphatic rings. The first-order valence-electron chi connectivity index (χ1n) is 11.0. The first-order chi connectivity index (χ1) is 14.8. The third-order valence-electron chi connectivity index (χ3n) is 6.33. The molecule has 0 radical (unpaired) electrons. The van der Waals surface area contributed by atoms with Gasteiger partial charge in [0.2, 0.25) is 11.8 Å². The number of benzene rings is 1. The normalized spacial score (nSPS) is 22.0. The third-order valence-corrected chi connectivity index (χ3v) is 7.32. The minimum absolute atomic E-state index is 0.0106. The number of carbonyl (C=O) groups is 2. The second-order valence-corrected chi connectivity index (χ2v) is 9.85. The molecule has 7 heteroatoms. The summed E-state index contributed by atoms with van der Waals surface area (Å²) in [6.45, 7) is 8.58. The van der Waals surface area contributed by atoms with Gasteiger partial charge in [-0.3, -0.25) is 14.5 Å². The lowest BCUT2D eigenvalue weighted by Gasteiger charge is -2.42. The quantitative estimate of drug-likeness (QED) is 0.726. The number of rotatable bonds is 4. The van der Waals surface area contributed by atoms with Crippen LogP contribution < -0.4 is 0 Å².